The highest BCUT2D eigenvalue weighted by atomic mass is 31.2. The zero-order valence-corrected chi connectivity index (χ0v) is 8.22. The summed E-state index contributed by atoms with van der Waals surface area (Å²) in [5, 5.41) is 0. The minimum absolute atomic E-state index is 0. The first-order valence-corrected chi connectivity index (χ1v) is 5.82. The molecule has 0 bridgehead atoms. The van der Waals surface area contributed by atoms with Crippen LogP contribution in [0.15, 0.2) is 0 Å². The molecule has 0 aromatic rings. The highest BCUT2D eigenvalue weighted by molar-refractivity contribution is 7.52. The topological polar surface area (TPSA) is 84.6 Å². The van der Waals surface area contributed by atoms with E-state index in [4.69, 9.17) is 10.6 Å². The number of nitrogens with two attached hydrogens (primary N) is 1. The van der Waals surface area contributed by atoms with Gasteiger partial charge in [-0.2, -0.15) is 5.48 Å². The molecule has 0 heterocycles. The minimum Gasteiger partial charge on any atom is -0.329 e. The Labute approximate surface area is 89.7 Å². The molecular formula is C6H20AlN2O3P. The zero-order valence-electron chi connectivity index (χ0n) is 7.32. The van der Waals surface area contributed by atoms with Gasteiger partial charge in [0.1, 0.15) is 0 Å². The van der Waals surface area contributed by atoms with Gasteiger partial charge < -0.3 is 10.6 Å². The van der Waals surface area contributed by atoms with Gasteiger partial charge in [-0.3, -0.25) is 4.57 Å². The summed E-state index contributed by atoms with van der Waals surface area (Å²) in [6.45, 7) is 2.72. The summed E-state index contributed by atoms with van der Waals surface area (Å²) in [4.78, 5) is 9.10. The van der Waals surface area contributed by atoms with E-state index < -0.39 is 7.60 Å². The zero-order chi connectivity index (χ0) is 9.45. The van der Waals surface area contributed by atoms with Gasteiger partial charge in [-0.1, -0.05) is 13.3 Å². The molecule has 0 rings (SSSR count). The fraction of sp³-hybridized carbons (Fsp3) is 1.00. The van der Waals surface area contributed by atoms with Crippen LogP contribution < -0.4 is 11.2 Å². The van der Waals surface area contributed by atoms with Crippen LogP contribution in [0.2, 0.25) is 0 Å². The summed E-state index contributed by atoms with van der Waals surface area (Å²) in [7, 11) is -3.41. The molecule has 80 valence electrons. The number of rotatable bonds is 7. The van der Waals surface area contributed by atoms with E-state index in [1.165, 1.54) is 0 Å². The minimum atomic E-state index is -3.41. The van der Waals surface area contributed by atoms with E-state index >= 15 is 0 Å². The van der Waals surface area contributed by atoms with Crippen LogP contribution in [0, 0.1) is 0 Å². The molecule has 1 unspecified atom stereocenters. The molecule has 5 nitrogen and oxygen atoms in total. The van der Waals surface area contributed by atoms with Gasteiger partial charge in [-0.25, -0.2) is 4.62 Å². The van der Waals surface area contributed by atoms with Crippen molar-refractivity contribution in [2.45, 2.75) is 19.8 Å². The average Bonchev–Trinajstić information content (AvgIpc) is 2.01. The summed E-state index contributed by atoms with van der Waals surface area (Å²) in [6.07, 6.45) is 1.77. The molecule has 0 amide bonds. The molecule has 0 aromatic carbocycles. The van der Waals surface area contributed by atoms with Crippen LogP contribution in [0.1, 0.15) is 19.8 Å². The maximum absolute atomic E-state index is 11.1. The molecule has 0 aliphatic rings. The van der Waals surface area contributed by atoms with Gasteiger partial charge in [0, 0.05) is 13.1 Å². The van der Waals surface area contributed by atoms with Gasteiger partial charge in [0.2, 0.25) is 0 Å². The summed E-state index contributed by atoms with van der Waals surface area (Å²) in [5.41, 5.74) is 7.49. The van der Waals surface area contributed by atoms with Crippen molar-refractivity contribution >= 4 is 25.0 Å². The first-order valence-electron chi connectivity index (χ1n) is 4.05. The Morgan fingerprint density at radius 1 is 1.62 bits per heavy atom. The molecular weight excluding hydrogens is 206 g/mol. The monoisotopic (exact) mass is 226 g/mol. The lowest BCUT2D eigenvalue weighted by Crippen LogP contribution is -2.22. The van der Waals surface area contributed by atoms with E-state index in [2.05, 4.69) is 10.1 Å². The maximum Gasteiger partial charge on any atom is 0.344 e. The predicted molar refractivity (Wildman–Crippen MR) is 57.7 cm³/mol. The van der Waals surface area contributed by atoms with Crippen LogP contribution >= 0.6 is 7.60 Å². The Kier molecular flexibility index (Phi) is 11.3. The van der Waals surface area contributed by atoms with Gasteiger partial charge in [-0.15, -0.1) is 0 Å². The Bertz CT molecular complexity index is 159. The lowest BCUT2D eigenvalue weighted by Gasteiger charge is -2.10. The number of hydrogen-bond donors (Lipinski definition) is 3. The Morgan fingerprint density at radius 3 is 2.69 bits per heavy atom. The van der Waals surface area contributed by atoms with Crippen molar-refractivity contribution in [3.05, 3.63) is 0 Å². The highest BCUT2D eigenvalue weighted by Crippen LogP contribution is 2.41. The summed E-state index contributed by atoms with van der Waals surface area (Å²) in [6, 6.07) is 0. The smallest absolute Gasteiger partial charge is 0.329 e. The number of nitrogens with one attached hydrogen (secondary N) is 1. The summed E-state index contributed by atoms with van der Waals surface area (Å²) < 4.78 is 15.6. The van der Waals surface area contributed by atoms with Crippen LogP contribution in [-0.4, -0.2) is 41.5 Å². The number of hydrogen-bond acceptors (Lipinski definition) is 4. The third-order valence-electron chi connectivity index (χ3n) is 1.25. The van der Waals surface area contributed by atoms with Crippen molar-refractivity contribution in [1.82, 2.24) is 5.48 Å². The first kappa shape index (κ1) is 16.0. The van der Waals surface area contributed by atoms with Crippen molar-refractivity contribution in [1.29, 1.82) is 0 Å². The second kappa shape index (κ2) is 9.17. The van der Waals surface area contributed by atoms with Crippen molar-refractivity contribution in [3.8, 4) is 0 Å². The van der Waals surface area contributed by atoms with E-state index in [9.17, 15) is 4.57 Å². The van der Waals surface area contributed by atoms with Gasteiger partial charge in [0.15, 0.2) is 17.4 Å². The standard InChI is InChI=1S/C6H17N2O3P.Al.3H/c1-2-3-6-12(9,10)11-8-5-4-7;;;;/h8H,2-7H2,1H3,(H,9,10);;;;. The fourth-order valence-corrected chi connectivity index (χ4v) is 1.71. The molecule has 1 atom stereocenters. The number of unbranched alkanes of at least 4 members (excludes halogenated alkanes) is 1. The average molecular weight is 226 g/mol. The largest absolute Gasteiger partial charge is 0.344 e. The molecule has 0 aromatic heterocycles. The lowest BCUT2D eigenvalue weighted by molar-refractivity contribution is 0.169. The van der Waals surface area contributed by atoms with Crippen LogP contribution in [0.3, 0.4) is 0 Å². The molecule has 0 radical (unpaired) electrons. The Morgan fingerprint density at radius 2 is 2.23 bits per heavy atom. The van der Waals surface area contributed by atoms with Gasteiger partial charge >= 0.3 is 7.60 Å². The highest BCUT2D eigenvalue weighted by Gasteiger charge is 2.17. The molecule has 13 heavy (non-hydrogen) atoms. The summed E-state index contributed by atoms with van der Waals surface area (Å²) in [5.74, 6) is 0. The fourth-order valence-electron chi connectivity index (χ4n) is 0.609. The molecule has 7 heteroatoms. The SMILES string of the molecule is CCCCP(=O)(O)ONCCN.[AlH3]. The van der Waals surface area contributed by atoms with E-state index in [-0.39, 0.29) is 23.5 Å². The van der Waals surface area contributed by atoms with E-state index in [0.717, 1.165) is 6.42 Å². The third-order valence-corrected chi connectivity index (χ3v) is 2.54. The lowest BCUT2D eigenvalue weighted by atomic mass is 10.4. The molecule has 4 N–H and O–H groups in total. The van der Waals surface area contributed by atoms with Crippen molar-refractivity contribution in [3.63, 3.8) is 0 Å². The van der Waals surface area contributed by atoms with Crippen molar-refractivity contribution in [2.24, 2.45) is 5.73 Å². The molecule has 0 spiro atoms. The van der Waals surface area contributed by atoms with Crippen LogP contribution in [0.25, 0.3) is 0 Å². The van der Waals surface area contributed by atoms with Crippen LogP contribution in [-0.2, 0) is 9.19 Å². The maximum atomic E-state index is 11.1. The van der Waals surface area contributed by atoms with Gasteiger partial charge in [0.05, 0.1) is 6.16 Å². The van der Waals surface area contributed by atoms with E-state index in [1.807, 2.05) is 6.92 Å². The summed E-state index contributed by atoms with van der Waals surface area (Å²) >= 11 is 0. The Balaban J connectivity index is 0. The van der Waals surface area contributed by atoms with E-state index in [0.29, 0.717) is 19.5 Å². The molecule has 0 aliphatic carbocycles. The second-order valence-corrected chi connectivity index (χ2v) is 4.39. The van der Waals surface area contributed by atoms with E-state index in [1.54, 1.807) is 0 Å². The van der Waals surface area contributed by atoms with Gasteiger partial charge in [0.25, 0.3) is 0 Å². The van der Waals surface area contributed by atoms with Crippen LogP contribution in [0.4, 0.5) is 0 Å². The quantitative estimate of drug-likeness (QED) is 0.230. The van der Waals surface area contributed by atoms with Crippen molar-refractivity contribution in [2.75, 3.05) is 19.3 Å². The number of hydroxylamine groups is 1. The van der Waals surface area contributed by atoms with Gasteiger partial charge in [-0.05, 0) is 6.42 Å². The predicted octanol–water partition coefficient (Wildman–Crippen LogP) is -0.732. The first-order chi connectivity index (χ1) is 5.62. The normalized spacial score (nSPS) is 14.7. The Hall–Kier alpha value is 0.602. The molecule has 0 fully saturated rings. The second-order valence-electron chi connectivity index (χ2n) is 2.49. The third kappa shape index (κ3) is 10.5. The van der Waals surface area contributed by atoms with Crippen molar-refractivity contribution < 1.29 is 14.1 Å². The van der Waals surface area contributed by atoms with Crippen LogP contribution in [0.5, 0.6) is 0 Å². The molecule has 0 saturated heterocycles. The molecule has 0 aliphatic heterocycles. The molecule has 0 saturated carbocycles.